The predicted octanol–water partition coefficient (Wildman–Crippen LogP) is 0.788. The summed E-state index contributed by atoms with van der Waals surface area (Å²) < 4.78 is 0. The molecule has 0 radical (unpaired) electrons. The second-order valence-electron chi connectivity index (χ2n) is 0.949. The lowest BCUT2D eigenvalue weighted by Crippen LogP contribution is -2.12. The molecule has 0 heterocycles. The number of rotatable bonds is 1. The van der Waals surface area contributed by atoms with Gasteiger partial charge in [0.2, 0.25) is 0 Å². The summed E-state index contributed by atoms with van der Waals surface area (Å²) in [5, 5.41) is 9.91. The van der Waals surface area contributed by atoms with Crippen molar-refractivity contribution >= 4 is 6.09 Å². The average molecular weight is 101 g/mol. The fraction of sp³-hybridized carbons (Fsp3) is 0.250. The number of amides is 1. The molecular weight excluding hydrogens is 94.0 g/mol. The van der Waals surface area contributed by atoms with Crippen molar-refractivity contribution in [3.8, 4) is 0 Å². The van der Waals surface area contributed by atoms with Crippen LogP contribution in [0.25, 0.3) is 0 Å². The number of hydrogen-bond acceptors (Lipinski definition) is 1. The molecule has 0 bridgehead atoms. The van der Waals surface area contributed by atoms with Crippen LogP contribution >= 0.6 is 0 Å². The van der Waals surface area contributed by atoms with Gasteiger partial charge >= 0.3 is 6.09 Å². The van der Waals surface area contributed by atoms with E-state index in [9.17, 15) is 4.79 Å². The quantitative estimate of drug-likeness (QED) is 0.513. The van der Waals surface area contributed by atoms with Crippen LogP contribution in [0, 0.1) is 0 Å². The van der Waals surface area contributed by atoms with Gasteiger partial charge in [-0.15, -0.1) is 0 Å². The summed E-state index contributed by atoms with van der Waals surface area (Å²) in [5.74, 6) is 0. The summed E-state index contributed by atoms with van der Waals surface area (Å²) >= 11 is 0. The maximum absolute atomic E-state index is 9.60. The zero-order valence-electron chi connectivity index (χ0n) is 4.01. The lowest BCUT2D eigenvalue weighted by molar-refractivity contribution is 0.198. The normalized spacial score (nSPS) is 9.29. The summed E-state index contributed by atoms with van der Waals surface area (Å²) in [7, 11) is 0. The molecule has 0 spiro atoms. The molecule has 0 fully saturated rings. The van der Waals surface area contributed by atoms with E-state index in [1.165, 1.54) is 6.20 Å². The Kier molecular flexibility index (Phi) is 2.76. The molecule has 0 rings (SSSR count). The van der Waals surface area contributed by atoms with Crippen molar-refractivity contribution in [2.45, 2.75) is 6.92 Å². The van der Waals surface area contributed by atoms with Gasteiger partial charge in [0.15, 0.2) is 0 Å². The maximum atomic E-state index is 9.60. The maximum Gasteiger partial charge on any atom is 0.408 e. The Bertz CT molecular complexity index is 87.7. The van der Waals surface area contributed by atoms with Crippen LogP contribution in [-0.2, 0) is 0 Å². The van der Waals surface area contributed by atoms with Crippen molar-refractivity contribution in [2.75, 3.05) is 0 Å². The molecule has 40 valence electrons. The van der Waals surface area contributed by atoms with Gasteiger partial charge in [-0.2, -0.15) is 0 Å². The fourth-order valence-corrected chi connectivity index (χ4v) is 0.155. The van der Waals surface area contributed by atoms with Crippen molar-refractivity contribution in [3.05, 3.63) is 12.3 Å². The van der Waals surface area contributed by atoms with Crippen LogP contribution in [0.15, 0.2) is 12.3 Å². The summed E-state index contributed by atoms with van der Waals surface area (Å²) in [6, 6.07) is 0. The lowest BCUT2D eigenvalue weighted by atomic mass is 10.7. The first-order valence-corrected chi connectivity index (χ1v) is 1.88. The molecule has 3 nitrogen and oxygen atoms in total. The van der Waals surface area contributed by atoms with Gasteiger partial charge in [-0.3, -0.25) is 5.32 Å². The van der Waals surface area contributed by atoms with E-state index in [4.69, 9.17) is 5.11 Å². The highest BCUT2D eigenvalue weighted by Crippen LogP contribution is 1.61. The second kappa shape index (κ2) is 3.21. The molecule has 0 aromatic rings. The fourth-order valence-electron chi connectivity index (χ4n) is 0.155. The third-order valence-corrected chi connectivity index (χ3v) is 0.373. The van der Waals surface area contributed by atoms with E-state index in [1.54, 1.807) is 13.0 Å². The second-order valence-corrected chi connectivity index (χ2v) is 0.949. The highest BCUT2D eigenvalue weighted by molar-refractivity contribution is 5.65. The monoisotopic (exact) mass is 101 g/mol. The minimum absolute atomic E-state index is 1.03. The topological polar surface area (TPSA) is 49.3 Å². The van der Waals surface area contributed by atoms with Gasteiger partial charge in [0.25, 0.3) is 0 Å². The molecule has 0 saturated heterocycles. The van der Waals surface area contributed by atoms with Gasteiger partial charge < -0.3 is 5.11 Å². The van der Waals surface area contributed by atoms with Crippen LogP contribution < -0.4 is 5.32 Å². The van der Waals surface area contributed by atoms with Crippen LogP contribution in [0.5, 0.6) is 0 Å². The number of allylic oxidation sites excluding steroid dienone is 1. The zero-order chi connectivity index (χ0) is 5.70. The van der Waals surface area contributed by atoms with Gasteiger partial charge in [-0.05, 0) is 6.92 Å². The van der Waals surface area contributed by atoms with E-state index >= 15 is 0 Å². The first kappa shape index (κ1) is 6.01. The number of carboxylic acid groups (broad SMARTS) is 1. The van der Waals surface area contributed by atoms with Crippen molar-refractivity contribution in [1.82, 2.24) is 5.32 Å². The van der Waals surface area contributed by atoms with E-state index in [2.05, 4.69) is 0 Å². The van der Waals surface area contributed by atoms with Crippen LogP contribution in [0.1, 0.15) is 6.92 Å². The minimum atomic E-state index is -1.03. The number of carbonyl (C=O) groups is 1. The first-order valence-electron chi connectivity index (χ1n) is 1.88. The molecule has 1 amide bonds. The van der Waals surface area contributed by atoms with Crippen molar-refractivity contribution in [2.24, 2.45) is 0 Å². The smallest absolute Gasteiger partial charge is 0.408 e. The van der Waals surface area contributed by atoms with E-state index in [-0.39, 0.29) is 0 Å². The van der Waals surface area contributed by atoms with E-state index in [0.29, 0.717) is 0 Å². The molecule has 0 saturated carbocycles. The minimum Gasteiger partial charge on any atom is -0.465 e. The molecule has 0 unspecified atom stereocenters. The van der Waals surface area contributed by atoms with Gasteiger partial charge in [0.05, 0.1) is 0 Å². The van der Waals surface area contributed by atoms with Gasteiger partial charge in [0, 0.05) is 6.20 Å². The largest absolute Gasteiger partial charge is 0.465 e. The number of nitrogens with one attached hydrogen (secondary N) is 1. The molecule has 0 aliphatic carbocycles. The molecule has 0 aromatic carbocycles. The lowest BCUT2D eigenvalue weighted by Gasteiger charge is -1.83. The Morgan fingerprint density at radius 3 is 2.57 bits per heavy atom. The Morgan fingerprint density at radius 2 is 2.43 bits per heavy atom. The van der Waals surface area contributed by atoms with Crippen LogP contribution in [0.3, 0.4) is 0 Å². The molecule has 0 atom stereocenters. The van der Waals surface area contributed by atoms with E-state index in [0.717, 1.165) is 0 Å². The Morgan fingerprint density at radius 1 is 1.86 bits per heavy atom. The highest BCUT2D eigenvalue weighted by atomic mass is 16.4. The van der Waals surface area contributed by atoms with Crippen LogP contribution in [0.4, 0.5) is 4.79 Å². The van der Waals surface area contributed by atoms with Crippen molar-refractivity contribution in [3.63, 3.8) is 0 Å². The highest BCUT2D eigenvalue weighted by Gasteiger charge is 1.81. The Balaban J connectivity index is 3.14. The summed E-state index contributed by atoms with van der Waals surface area (Å²) in [4.78, 5) is 9.60. The van der Waals surface area contributed by atoms with E-state index in [1.807, 2.05) is 5.32 Å². The van der Waals surface area contributed by atoms with Crippen molar-refractivity contribution < 1.29 is 9.90 Å². The summed E-state index contributed by atoms with van der Waals surface area (Å²) in [6.45, 7) is 1.73. The predicted molar refractivity (Wildman–Crippen MR) is 26.0 cm³/mol. The standard InChI is InChI=1S/C4H7NO2/c1-2-3-5-4(6)7/h2-3,5H,1H3,(H,6,7). The molecule has 2 N–H and O–H groups in total. The molecular formula is C4H7NO2. The first-order chi connectivity index (χ1) is 3.27. The Labute approximate surface area is 41.7 Å². The SMILES string of the molecule is CC=CNC(=O)O. The van der Waals surface area contributed by atoms with E-state index < -0.39 is 6.09 Å². The Hall–Kier alpha value is -0.990. The van der Waals surface area contributed by atoms with Crippen LogP contribution in [0.2, 0.25) is 0 Å². The number of hydrogen-bond donors (Lipinski definition) is 2. The summed E-state index contributed by atoms with van der Waals surface area (Å²) in [5.41, 5.74) is 0. The average Bonchev–Trinajstić information content (AvgIpc) is 1.61. The van der Waals surface area contributed by atoms with Crippen molar-refractivity contribution in [1.29, 1.82) is 0 Å². The van der Waals surface area contributed by atoms with Gasteiger partial charge in [-0.1, -0.05) is 6.08 Å². The molecule has 0 aliphatic rings. The third kappa shape index (κ3) is 5.01. The summed E-state index contributed by atoms with van der Waals surface area (Å²) in [6.07, 6.45) is 1.93. The molecule has 0 aliphatic heterocycles. The van der Waals surface area contributed by atoms with Gasteiger partial charge in [-0.25, -0.2) is 4.79 Å². The zero-order valence-corrected chi connectivity index (χ0v) is 4.01. The molecule has 7 heavy (non-hydrogen) atoms. The third-order valence-electron chi connectivity index (χ3n) is 0.373. The van der Waals surface area contributed by atoms with Crippen LogP contribution in [-0.4, -0.2) is 11.2 Å². The molecule has 0 aromatic heterocycles. The molecule has 3 heteroatoms. The van der Waals surface area contributed by atoms with Gasteiger partial charge in [0.1, 0.15) is 0 Å².